The fraction of sp³-hybridized carbons (Fsp3) is 0.0556. The Balaban J connectivity index is 2.07. The van der Waals surface area contributed by atoms with Gasteiger partial charge in [0.15, 0.2) is 11.6 Å². The Hall–Kier alpha value is -2.63. The van der Waals surface area contributed by atoms with Crippen LogP contribution in [0.25, 0.3) is 5.57 Å². The Bertz CT molecular complexity index is 950. The van der Waals surface area contributed by atoms with Crippen molar-refractivity contribution in [2.45, 2.75) is 6.42 Å². The van der Waals surface area contributed by atoms with Gasteiger partial charge in [0.2, 0.25) is 0 Å². The zero-order valence-corrected chi connectivity index (χ0v) is 14.2. The standard InChI is InChI=1S/C18H11Cl2NO4/c19-10-3-1-2-9(6-10)16-14(22)8-15(23)17(16)21-11-4-5-13(20)12(7-11)18(24)25/h1-7,21H,8H2,(H,24,25). The fourth-order valence-electron chi connectivity index (χ4n) is 2.59. The van der Waals surface area contributed by atoms with E-state index in [1.54, 1.807) is 24.3 Å². The van der Waals surface area contributed by atoms with Crippen molar-refractivity contribution in [2.24, 2.45) is 0 Å². The van der Waals surface area contributed by atoms with E-state index in [0.717, 1.165) is 0 Å². The van der Waals surface area contributed by atoms with Crippen molar-refractivity contribution in [2.75, 3.05) is 5.32 Å². The summed E-state index contributed by atoms with van der Waals surface area (Å²) < 4.78 is 0. The Morgan fingerprint density at radius 3 is 2.48 bits per heavy atom. The second-order valence-electron chi connectivity index (χ2n) is 5.41. The number of hydrogen-bond acceptors (Lipinski definition) is 4. The van der Waals surface area contributed by atoms with Gasteiger partial charge in [-0.05, 0) is 35.9 Å². The molecule has 0 aromatic heterocycles. The van der Waals surface area contributed by atoms with E-state index in [0.29, 0.717) is 16.3 Å². The molecular weight excluding hydrogens is 365 g/mol. The minimum absolute atomic E-state index is 0.0796. The number of carboxylic acids is 1. The highest BCUT2D eigenvalue weighted by molar-refractivity contribution is 6.39. The van der Waals surface area contributed by atoms with Gasteiger partial charge in [-0.15, -0.1) is 0 Å². The summed E-state index contributed by atoms with van der Waals surface area (Å²) in [6.45, 7) is 0. The van der Waals surface area contributed by atoms with E-state index in [2.05, 4.69) is 5.32 Å². The van der Waals surface area contributed by atoms with Gasteiger partial charge in [0.1, 0.15) is 0 Å². The van der Waals surface area contributed by atoms with Gasteiger partial charge in [-0.1, -0.05) is 35.3 Å². The highest BCUT2D eigenvalue weighted by Crippen LogP contribution is 2.32. The lowest BCUT2D eigenvalue weighted by atomic mass is 10.0. The van der Waals surface area contributed by atoms with Crippen LogP contribution in [0.5, 0.6) is 0 Å². The molecule has 2 aromatic carbocycles. The van der Waals surface area contributed by atoms with Gasteiger partial charge < -0.3 is 10.4 Å². The summed E-state index contributed by atoms with van der Waals surface area (Å²) >= 11 is 11.8. The van der Waals surface area contributed by atoms with Crippen LogP contribution < -0.4 is 5.32 Å². The maximum atomic E-state index is 12.2. The van der Waals surface area contributed by atoms with Crippen molar-refractivity contribution < 1.29 is 19.5 Å². The Labute approximate surface area is 152 Å². The number of aromatic carboxylic acids is 1. The zero-order valence-electron chi connectivity index (χ0n) is 12.7. The molecule has 1 aliphatic carbocycles. The van der Waals surface area contributed by atoms with Crippen molar-refractivity contribution in [3.8, 4) is 0 Å². The number of rotatable bonds is 4. The van der Waals surface area contributed by atoms with Crippen molar-refractivity contribution in [1.82, 2.24) is 0 Å². The fourth-order valence-corrected chi connectivity index (χ4v) is 2.98. The molecule has 2 aromatic rings. The number of carbonyl (C=O) groups is 3. The average molecular weight is 376 g/mol. The van der Waals surface area contributed by atoms with Gasteiger partial charge >= 0.3 is 5.97 Å². The summed E-state index contributed by atoms with van der Waals surface area (Å²) in [7, 11) is 0. The number of carboxylic acid groups (broad SMARTS) is 1. The Morgan fingerprint density at radius 2 is 1.80 bits per heavy atom. The molecule has 0 atom stereocenters. The first-order chi connectivity index (χ1) is 11.9. The van der Waals surface area contributed by atoms with Gasteiger partial charge in [0.25, 0.3) is 0 Å². The normalized spacial score (nSPS) is 14.2. The molecule has 0 heterocycles. The van der Waals surface area contributed by atoms with E-state index in [-0.39, 0.29) is 39.8 Å². The van der Waals surface area contributed by atoms with Crippen molar-refractivity contribution in [3.05, 3.63) is 69.3 Å². The third kappa shape index (κ3) is 3.43. The Kier molecular flexibility index (Phi) is 4.61. The average Bonchev–Trinajstić information content (AvgIpc) is 2.82. The van der Waals surface area contributed by atoms with Gasteiger partial charge in [-0.3, -0.25) is 9.59 Å². The third-order valence-electron chi connectivity index (χ3n) is 3.71. The number of ketones is 2. The van der Waals surface area contributed by atoms with Crippen LogP contribution in [-0.4, -0.2) is 22.6 Å². The highest BCUT2D eigenvalue weighted by Gasteiger charge is 2.32. The van der Waals surface area contributed by atoms with E-state index in [4.69, 9.17) is 28.3 Å². The smallest absolute Gasteiger partial charge is 0.337 e. The summed E-state index contributed by atoms with van der Waals surface area (Å²) in [4.78, 5) is 35.7. The molecule has 0 radical (unpaired) electrons. The zero-order chi connectivity index (χ0) is 18.1. The molecule has 0 saturated carbocycles. The number of hydrogen-bond donors (Lipinski definition) is 2. The first-order valence-electron chi connectivity index (χ1n) is 7.23. The maximum Gasteiger partial charge on any atom is 0.337 e. The molecule has 0 saturated heterocycles. The number of nitrogens with one attached hydrogen (secondary N) is 1. The lowest BCUT2D eigenvalue weighted by Crippen LogP contribution is -2.09. The molecule has 0 amide bonds. The first kappa shape index (κ1) is 17.2. The first-order valence-corrected chi connectivity index (χ1v) is 7.99. The maximum absolute atomic E-state index is 12.2. The summed E-state index contributed by atoms with van der Waals surface area (Å²) in [6.07, 6.45) is -0.246. The van der Waals surface area contributed by atoms with Crippen LogP contribution in [0.2, 0.25) is 10.0 Å². The summed E-state index contributed by atoms with van der Waals surface area (Å²) in [5.41, 5.74) is 1.12. The molecule has 0 bridgehead atoms. The van der Waals surface area contributed by atoms with Gasteiger partial charge in [-0.25, -0.2) is 4.79 Å². The summed E-state index contributed by atoms with van der Waals surface area (Å²) in [5.74, 6) is -1.87. The highest BCUT2D eigenvalue weighted by atomic mass is 35.5. The third-order valence-corrected chi connectivity index (χ3v) is 4.27. The monoisotopic (exact) mass is 375 g/mol. The van der Waals surface area contributed by atoms with E-state index in [1.807, 2.05) is 0 Å². The summed E-state index contributed by atoms with van der Waals surface area (Å²) in [6, 6.07) is 10.9. The molecule has 1 aliphatic rings. The van der Waals surface area contributed by atoms with Crippen molar-refractivity contribution in [3.63, 3.8) is 0 Å². The lowest BCUT2D eigenvalue weighted by Gasteiger charge is -2.11. The van der Waals surface area contributed by atoms with Crippen molar-refractivity contribution in [1.29, 1.82) is 0 Å². The second kappa shape index (κ2) is 6.70. The number of benzene rings is 2. The van der Waals surface area contributed by atoms with Gasteiger partial charge in [-0.2, -0.15) is 0 Å². The molecule has 5 nitrogen and oxygen atoms in total. The number of carbonyl (C=O) groups excluding carboxylic acids is 2. The molecular formula is C18H11Cl2NO4. The largest absolute Gasteiger partial charge is 0.478 e. The van der Waals surface area contributed by atoms with Crippen LogP contribution in [0.15, 0.2) is 48.2 Å². The summed E-state index contributed by atoms with van der Waals surface area (Å²) in [5, 5.41) is 12.5. The predicted molar refractivity (Wildman–Crippen MR) is 95.0 cm³/mol. The van der Waals surface area contributed by atoms with Crippen molar-refractivity contribution >= 4 is 52.0 Å². The van der Waals surface area contributed by atoms with E-state index >= 15 is 0 Å². The van der Waals surface area contributed by atoms with Crippen LogP contribution in [0, 0.1) is 0 Å². The number of anilines is 1. The van der Waals surface area contributed by atoms with Gasteiger partial charge in [0.05, 0.1) is 28.3 Å². The van der Waals surface area contributed by atoms with Crippen LogP contribution in [-0.2, 0) is 9.59 Å². The quantitative estimate of drug-likeness (QED) is 0.787. The molecule has 7 heteroatoms. The van der Waals surface area contributed by atoms with E-state index in [1.165, 1.54) is 18.2 Å². The second-order valence-corrected chi connectivity index (χ2v) is 6.25. The molecule has 0 fully saturated rings. The topological polar surface area (TPSA) is 83.5 Å². The Morgan fingerprint density at radius 1 is 1.04 bits per heavy atom. The molecule has 0 aliphatic heterocycles. The lowest BCUT2D eigenvalue weighted by molar-refractivity contribution is -0.120. The van der Waals surface area contributed by atoms with E-state index in [9.17, 15) is 14.4 Å². The predicted octanol–water partition coefficient (Wildman–Crippen LogP) is 4.06. The van der Waals surface area contributed by atoms with Crippen LogP contribution in [0.1, 0.15) is 22.3 Å². The number of Topliss-reactive ketones (excluding diaryl/α,β-unsaturated/α-hetero) is 2. The minimum Gasteiger partial charge on any atom is -0.478 e. The SMILES string of the molecule is O=C1CC(=O)C(c2cccc(Cl)c2)=C1Nc1ccc(Cl)c(C(=O)O)c1. The molecule has 2 N–H and O–H groups in total. The number of halogens is 2. The minimum atomic E-state index is -1.19. The molecule has 0 unspecified atom stereocenters. The van der Waals surface area contributed by atoms with Crippen LogP contribution in [0.3, 0.4) is 0 Å². The molecule has 0 spiro atoms. The van der Waals surface area contributed by atoms with Crippen LogP contribution in [0.4, 0.5) is 5.69 Å². The van der Waals surface area contributed by atoms with E-state index < -0.39 is 5.97 Å². The van der Waals surface area contributed by atoms with Crippen LogP contribution >= 0.6 is 23.2 Å². The molecule has 25 heavy (non-hydrogen) atoms. The molecule has 3 rings (SSSR count). The molecule has 126 valence electrons. The number of allylic oxidation sites excluding steroid dienone is 2. The van der Waals surface area contributed by atoms with Gasteiger partial charge in [0, 0.05) is 10.7 Å².